The molecule has 19 heavy (non-hydrogen) atoms. The zero-order chi connectivity index (χ0) is 14.0. The molecule has 0 radical (unpaired) electrons. The Morgan fingerprint density at radius 1 is 1.47 bits per heavy atom. The number of likely N-dealkylation sites (tertiary alicyclic amines) is 1. The van der Waals surface area contributed by atoms with E-state index in [0.29, 0.717) is 12.3 Å². The van der Waals surface area contributed by atoms with Gasteiger partial charge in [-0.2, -0.15) is 0 Å². The van der Waals surface area contributed by atoms with Gasteiger partial charge in [-0.25, -0.2) is 5.84 Å². The molecule has 0 bridgehead atoms. The Kier molecular flexibility index (Phi) is 4.42. The van der Waals surface area contributed by atoms with Crippen LogP contribution in [-0.4, -0.2) is 41.9 Å². The summed E-state index contributed by atoms with van der Waals surface area (Å²) < 4.78 is 0. The van der Waals surface area contributed by atoms with Crippen molar-refractivity contribution < 1.29 is 9.59 Å². The van der Waals surface area contributed by atoms with E-state index in [2.05, 4.69) is 15.6 Å². The van der Waals surface area contributed by atoms with Crippen LogP contribution in [0.15, 0.2) is 0 Å². The molecule has 0 aromatic heterocycles. The number of carbonyl (C=O) groups is 2. The summed E-state index contributed by atoms with van der Waals surface area (Å²) in [5.74, 6) is 6.01. The monoisotopic (exact) mass is 268 g/mol. The van der Waals surface area contributed by atoms with Crippen molar-refractivity contribution in [3.63, 3.8) is 0 Å². The van der Waals surface area contributed by atoms with Crippen molar-refractivity contribution >= 4 is 11.8 Å². The first kappa shape index (κ1) is 14.3. The number of piperidine rings is 2. The third-order valence-corrected chi connectivity index (χ3v) is 4.29. The molecule has 6 nitrogen and oxygen atoms in total. The first-order chi connectivity index (χ1) is 9.02. The maximum atomic E-state index is 11.9. The number of hydrogen-bond donors (Lipinski definition) is 3. The summed E-state index contributed by atoms with van der Waals surface area (Å²) in [6.07, 6.45) is 2.43. The van der Waals surface area contributed by atoms with Crippen LogP contribution in [0.5, 0.6) is 0 Å². The SMILES string of the molecule is CC(C)C(C(=O)NN)N1CCC2NC(=O)CCC2C1. The summed E-state index contributed by atoms with van der Waals surface area (Å²) in [5.41, 5.74) is 2.27. The van der Waals surface area contributed by atoms with Gasteiger partial charge in [0.2, 0.25) is 5.91 Å². The van der Waals surface area contributed by atoms with E-state index >= 15 is 0 Å². The molecular weight excluding hydrogens is 244 g/mol. The molecule has 2 saturated heterocycles. The van der Waals surface area contributed by atoms with Crippen LogP contribution in [0.3, 0.4) is 0 Å². The summed E-state index contributed by atoms with van der Waals surface area (Å²) in [6.45, 7) is 5.77. The first-order valence-corrected chi connectivity index (χ1v) is 7.06. The van der Waals surface area contributed by atoms with Gasteiger partial charge in [0.1, 0.15) is 0 Å². The zero-order valence-corrected chi connectivity index (χ0v) is 11.7. The largest absolute Gasteiger partial charge is 0.353 e. The van der Waals surface area contributed by atoms with E-state index in [1.807, 2.05) is 13.8 Å². The number of carbonyl (C=O) groups excluding carboxylic acids is 2. The average Bonchev–Trinajstić information content (AvgIpc) is 2.38. The number of nitrogens with zero attached hydrogens (tertiary/aromatic N) is 1. The minimum Gasteiger partial charge on any atom is -0.353 e. The van der Waals surface area contributed by atoms with E-state index in [0.717, 1.165) is 25.9 Å². The number of fused-ring (bicyclic) bond motifs is 1. The molecule has 0 spiro atoms. The van der Waals surface area contributed by atoms with Crippen LogP contribution < -0.4 is 16.6 Å². The Balaban J connectivity index is 2.02. The number of rotatable bonds is 3. The van der Waals surface area contributed by atoms with Gasteiger partial charge in [0.05, 0.1) is 6.04 Å². The summed E-state index contributed by atoms with van der Waals surface area (Å²) in [6, 6.07) is 0.106. The highest BCUT2D eigenvalue weighted by Gasteiger charge is 2.38. The number of amides is 2. The van der Waals surface area contributed by atoms with Crippen molar-refractivity contribution in [1.82, 2.24) is 15.6 Å². The highest BCUT2D eigenvalue weighted by molar-refractivity contribution is 5.81. The molecule has 2 aliphatic rings. The highest BCUT2D eigenvalue weighted by atomic mass is 16.2. The van der Waals surface area contributed by atoms with E-state index in [4.69, 9.17) is 5.84 Å². The predicted molar refractivity (Wildman–Crippen MR) is 71.8 cm³/mol. The fraction of sp³-hybridized carbons (Fsp3) is 0.846. The minimum atomic E-state index is -0.177. The summed E-state index contributed by atoms with van der Waals surface area (Å²) in [7, 11) is 0. The average molecular weight is 268 g/mol. The molecule has 0 aliphatic carbocycles. The Labute approximate surface area is 114 Å². The molecule has 3 unspecified atom stereocenters. The predicted octanol–water partition coefficient (Wildman–Crippen LogP) is -0.399. The Morgan fingerprint density at radius 2 is 2.21 bits per heavy atom. The Morgan fingerprint density at radius 3 is 2.84 bits per heavy atom. The maximum Gasteiger partial charge on any atom is 0.251 e. The molecule has 3 atom stereocenters. The van der Waals surface area contributed by atoms with Crippen LogP contribution in [-0.2, 0) is 9.59 Å². The van der Waals surface area contributed by atoms with Gasteiger partial charge >= 0.3 is 0 Å². The molecule has 0 aromatic carbocycles. The van der Waals surface area contributed by atoms with Gasteiger partial charge < -0.3 is 5.32 Å². The second kappa shape index (κ2) is 5.88. The van der Waals surface area contributed by atoms with Gasteiger partial charge in [-0.15, -0.1) is 0 Å². The number of nitrogens with two attached hydrogens (primary N) is 1. The summed E-state index contributed by atoms with van der Waals surface area (Å²) in [4.78, 5) is 25.5. The van der Waals surface area contributed by atoms with Crippen LogP contribution >= 0.6 is 0 Å². The van der Waals surface area contributed by atoms with Gasteiger partial charge in [-0.05, 0) is 24.7 Å². The van der Waals surface area contributed by atoms with E-state index < -0.39 is 0 Å². The Bertz CT molecular complexity index is 359. The van der Waals surface area contributed by atoms with Crippen LogP contribution in [0.1, 0.15) is 33.1 Å². The second-order valence-electron chi connectivity index (χ2n) is 5.95. The Hall–Kier alpha value is -1.14. The topological polar surface area (TPSA) is 87.5 Å². The zero-order valence-electron chi connectivity index (χ0n) is 11.7. The van der Waals surface area contributed by atoms with Gasteiger partial charge in [-0.3, -0.25) is 19.9 Å². The second-order valence-corrected chi connectivity index (χ2v) is 5.95. The molecule has 2 aliphatic heterocycles. The van der Waals surface area contributed by atoms with Gasteiger partial charge in [0.25, 0.3) is 5.91 Å². The lowest BCUT2D eigenvalue weighted by atomic mass is 9.83. The lowest BCUT2D eigenvalue weighted by Crippen LogP contribution is -2.60. The molecule has 2 heterocycles. The standard InChI is InChI=1S/C13H24N4O2/c1-8(2)12(13(19)16-14)17-6-5-10-9(7-17)3-4-11(18)15-10/h8-10,12H,3-7,14H2,1-2H3,(H,15,18)(H,16,19). The maximum absolute atomic E-state index is 11.9. The summed E-state index contributed by atoms with van der Waals surface area (Å²) >= 11 is 0. The van der Waals surface area contributed by atoms with Crippen molar-refractivity contribution in [1.29, 1.82) is 0 Å². The molecule has 6 heteroatoms. The van der Waals surface area contributed by atoms with Crippen LogP contribution in [0.25, 0.3) is 0 Å². The van der Waals surface area contributed by atoms with Crippen molar-refractivity contribution in [2.45, 2.75) is 45.2 Å². The quantitative estimate of drug-likeness (QED) is 0.369. The fourth-order valence-electron chi connectivity index (χ4n) is 3.37. The molecule has 2 rings (SSSR count). The number of hydrazine groups is 1. The highest BCUT2D eigenvalue weighted by Crippen LogP contribution is 2.27. The van der Waals surface area contributed by atoms with Crippen molar-refractivity contribution in [2.24, 2.45) is 17.7 Å². The van der Waals surface area contributed by atoms with Crippen molar-refractivity contribution in [3.8, 4) is 0 Å². The lowest BCUT2D eigenvalue weighted by molar-refractivity contribution is -0.131. The molecule has 108 valence electrons. The molecule has 2 amide bonds. The molecule has 4 N–H and O–H groups in total. The first-order valence-electron chi connectivity index (χ1n) is 7.06. The van der Waals surface area contributed by atoms with Gasteiger partial charge in [0.15, 0.2) is 0 Å². The normalized spacial score (nSPS) is 29.6. The van der Waals surface area contributed by atoms with Crippen LogP contribution in [0.4, 0.5) is 0 Å². The van der Waals surface area contributed by atoms with E-state index in [9.17, 15) is 9.59 Å². The molecule has 0 aromatic rings. The molecular formula is C13H24N4O2. The van der Waals surface area contributed by atoms with Crippen molar-refractivity contribution in [2.75, 3.05) is 13.1 Å². The van der Waals surface area contributed by atoms with Gasteiger partial charge in [-0.1, -0.05) is 13.8 Å². The number of hydrogen-bond acceptors (Lipinski definition) is 4. The van der Waals surface area contributed by atoms with E-state index in [-0.39, 0.29) is 29.8 Å². The van der Waals surface area contributed by atoms with Crippen LogP contribution in [0, 0.1) is 11.8 Å². The van der Waals surface area contributed by atoms with Crippen molar-refractivity contribution in [3.05, 3.63) is 0 Å². The van der Waals surface area contributed by atoms with E-state index in [1.165, 1.54) is 0 Å². The smallest absolute Gasteiger partial charge is 0.251 e. The third-order valence-electron chi connectivity index (χ3n) is 4.29. The summed E-state index contributed by atoms with van der Waals surface area (Å²) in [5, 5.41) is 3.06. The van der Waals surface area contributed by atoms with Gasteiger partial charge in [0, 0.05) is 25.6 Å². The molecule has 2 fully saturated rings. The minimum absolute atomic E-state index is 0.117. The third kappa shape index (κ3) is 3.06. The number of nitrogens with one attached hydrogen (secondary N) is 2. The molecule has 0 saturated carbocycles. The fourth-order valence-corrected chi connectivity index (χ4v) is 3.37. The van der Waals surface area contributed by atoms with E-state index in [1.54, 1.807) is 0 Å². The lowest BCUT2D eigenvalue weighted by Gasteiger charge is -2.44. The van der Waals surface area contributed by atoms with Crippen LogP contribution in [0.2, 0.25) is 0 Å².